The largest absolute Gasteiger partial charge is 0.480 e. The predicted molar refractivity (Wildman–Crippen MR) is 129 cm³/mol. The minimum atomic E-state index is -0.915. The highest BCUT2D eigenvalue weighted by Crippen LogP contribution is 2.55. The van der Waals surface area contributed by atoms with Crippen molar-refractivity contribution in [2.45, 2.75) is 89.3 Å². The number of thioether (sulfide) groups is 1. The van der Waals surface area contributed by atoms with Gasteiger partial charge < -0.3 is 10.0 Å². The van der Waals surface area contributed by atoms with E-state index in [1.54, 1.807) is 4.90 Å². The first-order valence-electron chi connectivity index (χ1n) is 12.2. The number of amides is 1. The van der Waals surface area contributed by atoms with Crippen molar-refractivity contribution in [2.24, 2.45) is 11.3 Å². The summed E-state index contributed by atoms with van der Waals surface area (Å²) >= 11 is 1.34. The monoisotopic (exact) mass is 459 g/mol. The van der Waals surface area contributed by atoms with Gasteiger partial charge in [-0.3, -0.25) is 9.59 Å². The Kier molecular flexibility index (Phi) is 8.80. The summed E-state index contributed by atoms with van der Waals surface area (Å²) in [5, 5.41) is 9.53. The standard InChI is InChI=1S/C26H37NO4S/c1-3-5-15-26(16-6-4-2)17-14-20(23(28)27-18-10-13-21(27)24(29)30)22(26)32-25(31)19-11-8-7-9-12-19/h7-9,11-12,20-22H,3-6,10,13-18H2,1-2H3,(H,29,30)/t20?,21-,22?/m0/s1. The molecule has 32 heavy (non-hydrogen) atoms. The average Bonchev–Trinajstić information content (AvgIpc) is 3.43. The molecular formula is C26H37NO4S. The van der Waals surface area contributed by atoms with Gasteiger partial charge in [-0.2, -0.15) is 0 Å². The highest BCUT2D eigenvalue weighted by Gasteiger charge is 2.53. The van der Waals surface area contributed by atoms with Crippen LogP contribution in [-0.2, 0) is 9.59 Å². The summed E-state index contributed by atoms with van der Waals surface area (Å²) in [6.45, 7) is 4.88. The second-order valence-electron chi connectivity index (χ2n) is 9.43. The number of rotatable bonds is 10. The lowest BCUT2D eigenvalue weighted by Gasteiger charge is -2.38. The fourth-order valence-electron chi connectivity index (χ4n) is 5.60. The van der Waals surface area contributed by atoms with E-state index < -0.39 is 12.0 Å². The molecule has 0 bridgehead atoms. The van der Waals surface area contributed by atoms with Crippen LogP contribution in [0.25, 0.3) is 0 Å². The first kappa shape index (κ1) is 24.8. The van der Waals surface area contributed by atoms with Crippen LogP contribution in [0.15, 0.2) is 30.3 Å². The molecule has 1 heterocycles. The van der Waals surface area contributed by atoms with Crippen molar-refractivity contribution in [2.75, 3.05) is 6.54 Å². The summed E-state index contributed by atoms with van der Waals surface area (Å²) in [5.74, 6) is -1.26. The molecule has 2 unspecified atom stereocenters. The number of carbonyl (C=O) groups is 3. The van der Waals surface area contributed by atoms with Crippen LogP contribution < -0.4 is 0 Å². The molecule has 1 aromatic rings. The Morgan fingerprint density at radius 3 is 2.31 bits per heavy atom. The number of carboxylic acid groups (broad SMARTS) is 1. The topological polar surface area (TPSA) is 74.7 Å². The lowest BCUT2D eigenvalue weighted by molar-refractivity contribution is -0.149. The van der Waals surface area contributed by atoms with Gasteiger partial charge in [-0.05, 0) is 43.9 Å². The van der Waals surface area contributed by atoms with Gasteiger partial charge in [0.1, 0.15) is 6.04 Å². The molecule has 1 aliphatic heterocycles. The van der Waals surface area contributed by atoms with E-state index in [2.05, 4.69) is 13.8 Å². The third kappa shape index (κ3) is 5.38. The maximum atomic E-state index is 13.7. The highest BCUT2D eigenvalue weighted by molar-refractivity contribution is 8.14. The zero-order valence-electron chi connectivity index (χ0n) is 19.4. The van der Waals surface area contributed by atoms with Crippen LogP contribution in [-0.4, -0.2) is 44.8 Å². The number of likely N-dealkylation sites (tertiary alicyclic amines) is 1. The molecule has 2 fully saturated rings. The molecule has 3 rings (SSSR count). The van der Waals surface area contributed by atoms with Gasteiger partial charge in [-0.25, -0.2) is 4.79 Å². The lowest BCUT2D eigenvalue weighted by atomic mass is 9.75. The number of nitrogens with zero attached hydrogens (tertiary/aromatic N) is 1. The molecule has 0 aromatic heterocycles. The van der Waals surface area contributed by atoms with Crippen LogP contribution in [0.2, 0.25) is 0 Å². The Bertz CT molecular complexity index is 788. The van der Waals surface area contributed by atoms with E-state index >= 15 is 0 Å². The minimum Gasteiger partial charge on any atom is -0.480 e. The molecule has 2 aliphatic rings. The summed E-state index contributed by atoms with van der Waals surface area (Å²) in [4.78, 5) is 40.2. The molecule has 1 aromatic carbocycles. The summed E-state index contributed by atoms with van der Waals surface area (Å²) in [6, 6.07) is 8.58. The molecule has 6 heteroatoms. The lowest BCUT2D eigenvalue weighted by Crippen LogP contribution is -2.46. The van der Waals surface area contributed by atoms with E-state index in [9.17, 15) is 19.5 Å². The van der Waals surface area contributed by atoms with E-state index in [0.29, 0.717) is 18.5 Å². The second-order valence-corrected chi connectivity index (χ2v) is 10.5. The maximum absolute atomic E-state index is 13.7. The first-order chi connectivity index (χ1) is 15.4. The number of hydrogen-bond donors (Lipinski definition) is 1. The zero-order chi connectivity index (χ0) is 23.1. The first-order valence-corrected chi connectivity index (χ1v) is 13.1. The number of carboxylic acids is 1. The molecule has 3 atom stereocenters. The predicted octanol–water partition coefficient (Wildman–Crippen LogP) is 5.78. The Morgan fingerprint density at radius 1 is 1.06 bits per heavy atom. The average molecular weight is 460 g/mol. The van der Waals surface area contributed by atoms with Crippen molar-refractivity contribution in [1.29, 1.82) is 0 Å². The van der Waals surface area contributed by atoms with Gasteiger partial charge >= 0.3 is 5.97 Å². The van der Waals surface area contributed by atoms with E-state index in [4.69, 9.17) is 0 Å². The zero-order valence-corrected chi connectivity index (χ0v) is 20.2. The summed E-state index contributed by atoms with van der Waals surface area (Å²) in [7, 11) is 0. The molecule has 176 valence electrons. The molecule has 1 saturated heterocycles. The van der Waals surface area contributed by atoms with E-state index in [1.165, 1.54) is 11.8 Å². The molecule has 1 aliphatic carbocycles. The fourth-order valence-corrected chi connectivity index (χ4v) is 7.12. The number of unbranched alkanes of at least 4 members (excludes halogenated alkanes) is 2. The summed E-state index contributed by atoms with van der Waals surface area (Å²) in [6.07, 6.45) is 9.32. The molecule has 1 saturated carbocycles. The normalized spacial score (nSPS) is 24.6. The van der Waals surface area contributed by atoms with Crippen molar-refractivity contribution >= 4 is 28.8 Å². The van der Waals surface area contributed by atoms with Crippen LogP contribution in [0.4, 0.5) is 0 Å². The van der Waals surface area contributed by atoms with Gasteiger partial charge in [-0.1, -0.05) is 81.6 Å². The van der Waals surface area contributed by atoms with E-state index in [0.717, 1.165) is 57.8 Å². The Hall–Kier alpha value is -1.82. The number of carbonyl (C=O) groups excluding carboxylic acids is 2. The summed E-state index contributed by atoms with van der Waals surface area (Å²) < 4.78 is 0. The fraction of sp³-hybridized carbons (Fsp3) is 0.654. The SMILES string of the molecule is CCCCC1(CCCC)CCC(C(=O)N2CCC[C@H]2C(=O)O)C1SC(=O)c1ccccc1. The number of benzene rings is 1. The van der Waals surface area contributed by atoms with Crippen LogP contribution in [0.1, 0.15) is 88.4 Å². The van der Waals surface area contributed by atoms with Crippen LogP contribution in [0.5, 0.6) is 0 Å². The van der Waals surface area contributed by atoms with Gasteiger partial charge in [0.25, 0.3) is 0 Å². The van der Waals surface area contributed by atoms with Crippen molar-refractivity contribution in [3.05, 3.63) is 35.9 Å². The molecule has 0 spiro atoms. The molecule has 1 N–H and O–H groups in total. The van der Waals surface area contributed by atoms with Crippen molar-refractivity contribution < 1.29 is 19.5 Å². The van der Waals surface area contributed by atoms with Crippen molar-refractivity contribution in [3.8, 4) is 0 Å². The van der Waals surface area contributed by atoms with Gasteiger partial charge in [0.15, 0.2) is 0 Å². The molecular weight excluding hydrogens is 422 g/mol. The van der Waals surface area contributed by atoms with Crippen LogP contribution in [0, 0.1) is 11.3 Å². The smallest absolute Gasteiger partial charge is 0.326 e. The Labute approximate surface area is 196 Å². The Morgan fingerprint density at radius 2 is 1.72 bits per heavy atom. The molecule has 5 nitrogen and oxygen atoms in total. The third-order valence-electron chi connectivity index (χ3n) is 7.36. The Balaban J connectivity index is 1.91. The van der Waals surface area contributed by atoms with Gasteiger partial charge in [0.2, 0.25) is 11.0 Å². The number of aliphatic carboxylic acids is 1. The van der Waals surface area contributed by atoms with Gasteiger partial charge in [0, 0.05) is 17.4 Å². The maximum Gasteiger partial charge on any atom is 0.326 e. The second kappa shape index (κ2) is 11.4. The van der Waals surface area contributed by atoms with Crippen molar-refractivity contribution in [1.82, 2.24) is 4.90 Å². The van der Waals surface area contributed by atoms with Gasteiger partial charge in [0.05, 0.1) is 5.92 Å². The highest BCUT2D eigenvalue weighted by atomic mass is 32.2. The van der Waals surface area contributed by atoms with Crippen LogP contribution in [0.3, 0.4) is 0 Å². The van der Waals surface area contributed by atoms with Gasteiger partial charge in [-0.15, -0.1) is 0 Å². The van der Waals surface area contributed by atoms with Crippen molar-refractivity contribution in [3.63, 3.8) is 0 Å². The minimum absolute atomic E-state index is 0.0175. The van der Waals surface area contributed by atoms with Crippen LogP contribution >= 0.6 is 11.8 Å². The summed E-state index contributed by atoms with van der Waals surface area (Å²) in [5.41, 5.74) is 0.625. The third-order valence-corrected chi connectivity index (χ3v) is 8.89. The molecule has 0 radical (unpaired) electrons. The van der Waals surface area contributed by atoms with E-state index in [-0.39, 0.29) is 27.6 Å². The quantitative estimate of drug-likeness (QED) is 0.480. The molecule has 1 amide bonds. The van der Waals surface area contributed by atoms with E-state index in [1.807, 2.05) is 30.3 Å². The number of hydrogen-bond acceptors (Lipinski definition) is 4.